The second-order valence-corrected chi connectivity index (χ2v) is 3.94. The van der Waals surface area contributed by atoms with Gasteiger partial charge in [-0.05, 0) is 17.7 Å². The Morgan fingerprint density at radius 3 is 2.71 bits per heavy atom. The number of anilines is 1. The Hall–Kier alpha value is -1.57. The molecule has 0 fully saturated rings. The minimum absolute atomic E-state index is 0.112. The first kappa shape index (κ1) is 13.5. The first-order valence-corrected chi connectivity index (χ1v) is 5.67. The number of nitrogens with zero attached hydrogens (tertiary/aromatic N) is 1. The van der Waals surface area contributed by atoms with Crippen LogP contribution in [0.2, 0.25) is 0 Å². The summed E-state index contributed by atoms with van der Waals surface area (Å²) in [6.45, 7) is 1.45. The molecule has 1 atom stereocenters. The molecular weight excluding hydrogens is 240 g/mol. The van der Waals surface area contributed by atoms with Gasteiger partial charge in [0.05, 0.1) is 6.21 Å². The maximum atomic E-state index is 10.8. The molecule has 92 valence electrons. The Morgan fingerprint density at radius 2 is 2.18 bits per heavy atom. The highest BCUT2D eigenvalue weighted by Crippen LogP contribution is 2.07. The number of rotatable bonds is 5. The Bertz CT molecular complexity index is 394. The summed E-state index contributed by atoms with van der Waals surface area (Å²) in [6.07, 6.45) is 1.56. The van der Waals surface area contributed by atoms with E-state index in [1.54, 1.807) is 30.5 Å². The maximum Gasteiger partial charge on any atom is 0.221 e. The number of benzene rings is 1. The van der Waals surface area contributed by atoms with Crippen LogP contribution < -0.4 is 16.5 Å². The average molecular weight is 254 g/mol. The normalized spacial score (nSPS) is 12.4. The van der Waals surface area contributed by atoms with Crippen molar-refractivity contribution < 1.29 is 9.35 Å². The van der Waals surface area contributed by atoms with Crippen LogP contribution in [0.1, 0.15) is 12.5 Å². The number of amides is 1. The molecule has 0 saturated carbocycles. The van der Waals surface area contributed by atoms with Crippen molar-refractivity contribution >= 4 is 29.9 Å². The Labute approximate surface area is 103 Å². The van der Waals surface area contributed by atoms with Crippen molar-refractivity contribution in [3.63, 3.8) is 0 Å². The highest BCUT2D eigenvalue weighted by molar-refractivity contribution is 7.94. The van der Waals surface area contributed by atoms with Gasteiger partial charge in [-0.3, -0.25) is 16.0 Å². The Kier molecular flexibility index (Phi) is 5.47. The molecule has 5 N–H and O–H groups in total. The topological polar surface area (TPSA) is 99.7 Å². The fraction of sp³-hybridized carbons (Fsp3) is 0.200. The molecule has 1 rings (SSSR count). The van der Waals surface area contributed by atoms with E-state index in [2.05, 4.69) is 15.8 Å². The van der Waals surface area contributed by atoms with Crippen molar-refractivity contribution in [2.75, 3.05) is 5.32 Å². The minimum atomic E-state index is -0.648. The van der Waals surface area contributed by atoms with E-state index in [9.17, 15) is 4.79 Å². The van der Waals surface area contributed by atoms with Gasteiger partial charge in [0, 0.05) is 24.7 Å². The van der Waals surface area contributed by atoms with Crippen LogP contribution in [0.5, 0.6) is 0 Å². The molecule has 0 bridgehead atoms. The fourth-order valence-electron chi connectivity index (χ4n) is 1.06. The summed E-state index contributed by atoms with van der Waals surface area (Å²) in [7, 11) is 0. The van der Waals surface area contributed by atoms with Crippen molar-refractivity contribution in [1.82, 2.24) is 5.43 Å². The number of hydrogen-bond donors (Lipinski definition) is 4. The molecule has 6 nitrogen and oxygen atoms in total. The van der Waals surface area contributed by atoms with E-state index in [0.717, 1.165) is 11.3 Å². The highest BCUT2D eigenvalue weighted by atomic mass is 32.2. The van der Waals surface area contributed by atoms with E-state index in [1.807, 2.05) is 0 Å². The maximum absolute atomic E-state index is 10.8. The van der Waals surface area contributed by atoms with Gasteiger partial charge in [0.15, 0.2) is 5.50 Å². The van der Waals surface area contributed by atoms with Gasteiger partial charge in [0.1, 0.15) is 0 Å². The monoisotopic (exact) mass is 254 g/mol. The number of carbonyl (C=O) groups excluding carboxylic acids is 1. The summed E-state index contributed by atoms with van der Waals surface area (Å²) in [6, 6.07) is 7.13. The summed E-state index contributed by atoms with van der Waals surface area (Å²) < 4.78 is 8.57. The third kappa shape index (κ3) is 5.34. The number of hydrogen-bond acceptors (Lipinski definition) is 6. The lowest BCUT2D eigenvalue weighted by Crippen LogP contribution is -2.29. The number of nitrogens with one attached hydrogen (secondary N) is 2. The van der Waals surface area contributed by atoms with Crippen molar-refractivity contribution in [3.8, 4) is 0 Å². The van der Waals surface area contributed by atoms with E-state index in [1.165, 1.54) is 6.92 Å². The molecule has 0 radical (unpaired) electrons. The molecule has 1 aromatic carbocycles. The van der Waals surface area contributed by atoms with Crippen molar-refractivity contribution in [3.05, 3.63) is 29.8 Å². The van der Waals surface area contributed by atoms with Crippen molar-refractivity contribution in [2.45, 2.75) is 12.4 Å². The van der Waals surface area contributed by atoms with Gasteiger partial charge in [0.2, 0.25) is 5.91 Å². The summed E-state index contributed by atoms with van der Waals surface area (Å²) in [5.41, 5.74) is 8.80. The summed E-state index contributed by atoms with van der Waals surface area (Å²) >= 11 is 0.475. The van der Waals surface area contributed by atoms with Crippen molar-refractivity contribution in [1.29, 1.82) is 0 Å². The van der Waals surface area contributed by atoms with Gasteiger partial charge in [-0.1, -0.05) is 12.1 Å². The van der Waals surface area contributed by atoms with Crippen LogP contribution in [0.4, 0.5) is 5.69 Å². The van der Waals surface area contributed by atoms with E-state index in [0.29, 0.717) is 12.0 Å². The lowest BCUT2D eigenvalue weighted by molar-refractivity contribution is -0.114. The molecule has 0 heterocycles. The van der Waals surface area contributed by atoms with Crippen LogP contribution in [-0.4, -0.2) is 22.2 Å². The van der Waals surface area contributed by atoms with Crippen LogP contribution >= 0.6 is 12.0 Å². The van der Waals surface area contributed by atoms with E-state index in [4.69, 9.17) is 10.3 Å². The van der Waals surface area contributed by atoms with Crippen LogP contribution in [0.15, 0.2) is 29.4 Å². The molecule has 17 heavy (non-hydrogen) atoms. The first-order chi connectivity index (χ1) is 8.11. The molecule has 7 heteroatoms. The molecular formula is C10H14N4O2S. The summed E-state index contributed by atoms with van der Waals surface area (Å²) in [5, 5.41) is 6.49. The summed E-state index contributed by atoms with van der Waals surface area (Å²) in [4.78, 5) is 10.8. The minimum Gasteiger partial charge on any atom is -0.327 e. The molecule has 0 aromatic heterocycles. The van der Waals surface area contributed by atoms with Crippen molar-refractivity contribution in [2.24, 2.45) is 10.8 Å². The van der Waals surface area contributed by atoms with Crippen LogP contribution in [0, 0.1) is 0 Å². The van der Waals surface area contributed by atoms with Crippen LogP contribution in [0.25, 0.3) is 0 Å². The molecule has 0 aliphatic carbocycles. The number of carbonyl (C=O) groups is 1. The Morgan fingerprint density at radius 1 is 1.53 bits per heavy atom. The lowest BCUT2D eigenvalue weighted by Gasteiger charge is -2.04. The smallest absolute Gasteiger partial charge is 0.221 e. The average Bonchev–Trinajstić information content (AvgIpc) is 2.30. The second-order valence-electron chi connectivity index (χ2n) is 3.22. The molecule has 0 spiro atoms. The quantitative estimate of drug-likeness (QED) is 0.272. The molecule has 0 aliphatic heterocycles. The van der Waals surface area contributed by atoms with Gasteiger partial charge >= 0.3 is 0 Å². The molecule has 0 saturated heterocycles. The van der Waals surface area contributed by atoms with Gasteiger partial charge in [-0.25, -0.2) is 0 Å². The largest absolute Gasteiger partial charge is 0.327 e. The summed E-state index contributed by atoms with van der Waals surface area (Å²) in [5.74, 6) is -0.112. The third-order valence-electron chi connectivity index (χ3n) is 1.76. The predicted octanol–water partition coefficient (Wildman–Crippen LogP) is 1.02. The van der Waals surface area contributed by atoms with E-state index < -0.39 is 5.50 Å². The predicted molar refractivity (Wildman–Crippen MR) is 69.7 cm³/mol. The highest BCUT2D eigenvalue weighted by Gasteiger charge is 1.96. The molecule has 0 aliphatic rings. The molecule has 1 aromatic rings. The SMILES string of the molecule is CC(=O)Nc1ccc(/C=N/NC(N)SO)cc1. The fourth-order valence-corrected chi connectivity index (χ4v) is 1.17. The zero-order chi connectivity index (χ0) is 12.7. The number of hydrazone groups is 1. The first-order valence-electron chi connectivity index (χ1n) is 4.84. The Balaban J connectivity index is 2.53. The third-order valence-corrected chi connectivity index (χ3v) is 2.09. The standard InChI is InChI=1S/C10H14N4O2S/c1-7(15)13-9-4-2-8(3-5-9)6-12-14-10(11)17-16/h2-6,10,14,16H,11H2,1H3,(H,13,15)/b12-6+. The van der Waals surface area contributed by atoms with Crippen LogP contribution in [0.3, 0.4) is 0 Å². The second kappa shape index (κ2) is 6.89. The lowest BCUT2D eigenvalue weighted by atomic mass is 10.2. The van der Waals surface area contributed by atoms with E-state index in [-0.39, 0.29) is 5.91 Å². The number of nitrogens with two attached hydrogens (primary N) is 1. The van der Waals surface area contributed by atoms with Gasteiger partial charge in [-0.2, -0.15) is 5.10 Å². The zero-order valence-electron chi connectivity index (χ0n) is 9.25. The van der Waals surface area contributed by atoms with Crippen LogP contribution in [-0.2, 0) is 4.79 Å². The van der Waals surface area contributed by atoms with Gasteiger partial charge in [-0.15, -0.1) is 0 Å². The molecule has 1 unspecified atom stereocenters. The van der Waals surface area contributed by atoms with Gasteiger partial charge < -0.3 is 9.87 Å². The van der Waals surface area contributed by atoms with Gasteiger partial charge in [0.25, 0.3) is 0 Å². The zero-order valence-corrected chi connectivity index (χ0v) is 10.1. The molecule has 1 amide bonds. The van der Waals surface area contributed by atoms with E-state index >= 15 is 0 Å².